The molecule has 0 unspecified atom stereocenters. The van der Waals surface area contributed by atoms with E-state index in [1.54, 1.807) is 39.2 Å². The van der Waals surface area contributed by atoms with Gasteiger partial charge in [0.1, 0.15) is 6.04 Å². The van der Waals surface area contributed by atoms with Crippen LogP contribution >= 0.6 is 0 Å². The Bertz CT molecular complexity index is 583. The summed E-state index contributed by atoms with van der Waals surface area (Å²) in [6.07, 6.45) is 0.528. The molecule has 1 heterocycles. The van der Waals surface area contributed by atoms with E-state index in [1.165, 1.54) is 9.80 Å². The Morgan fingerprint density at radius 2 is 2.05 bits per heavy atom. The van der Waals surface area contributed by atoms with Gasteiger partial charge in [0.15, 0.2) is 0 Å². The van der Waals surface area contributed by atoms with Gasteiger partial charge in [0.2, 0.25) is 0 Å². The molecule has 0 radical (unpaired) electrons. The van der Waals surface area contributed by atoms with Gasteiger partial charge in [-0.1, -0.05) is 12.1 Å². The molecule has 6 heteroatoms. The van der Waals surface area contributed by atoms with Crippen molar-refractivity contribution in [2.45, 2.75) is 19.4 Å². The van der Waals surface area contributed by atoms with Crippen molar-refractivity contribution in [3.05, 3.63) is 35.4 Å². The van der Waals surface area contributed by atoms with Crippen molar-refractivity contribution < 1.29 is 14.4 Å². The lowest BCUT2D eigenvalue weighted by Crippen LogP contribution is -2.33. The number of imide groups is 1. The molecule has 1 fully saturated rings. The van der Waals surface area contributed by atoms with Gasteiger partial charge in [-0.15, -0.1) is 0 Å². The quantitative estimate of drug-likeness (QED) is 0.836. The van der Waals surface area contributed by atoms with Crippen molar-refractivity contribution in [1.29, 1.82) is 0 Å². The number of amides is 4. The first-order valence-corrected chi connectivity index (χ1v) is 6.82. The molecule has 112 valence electrons. The summed E-state index contributed by atoms with van der Waals surface area (Å²) in [5.74, 6) is -0.277. The van der Waals surface area contributed by atoms with Crippen LogP contribution in [0.5, 0.6) is 0 Å². The highest BCUT2D eigenvalue weighted by molar-refractivity contribution is 6.03. The zero-order valence-corrected chi connectivity index (χ0v) is 12.4. The van der Waals surface area contributed by atoms with Gasteiger partial charge in [-0.3, -0.25) is 14.5 Å². The van der Waals surface area contributed by atoms with Crippen LogP contribution in [-0.4, -0.2) is 54.3 Å². The largest absolute Gasteiger partial charge is 0.345 e. The van der Waals surface area contributed by atoms with Gasteiger partial charge in [0.25, 0.3) is 11.8 Å². The van der Waals surface area contributed by atoms with Gasteiger partial charge in [-0.2, -0.15) is 0 Å². The van der Waals surface area contributed by atoms with E-state index in [4.69, 9.17) is 0 Å². The minimum absolute atomic E-state index is 0.0690. The average molecular weight is 289 g/mol. The van der Waals surface area contributed by atoms with E-state index in [9.17, 15) is 14.4 Å². The Labute approximate surface area is 123 Å². The van der Waals surface area contributed by atoms with Gasteiger partial charge >= 0.3 is 6.03 Å². The summed E-state index contributed by atoms with van der Waals surface area (Å²) in [4.78, 5) is 38.0. The molecule has 2 rings (SSSR count). The van der Waals surface area contributed by atoms with E-state index in [2.05, 4.69) is 5.32 Å². The van der Waals surface area contributed by atoms with Crippen LogP contribution in [0.1, 0.15) is 22.8 Å². The Kier molecular flexibility index (Phi) is 4.26. The molecule has 0 saturated carbocycles. The van der Waals surface area contributed by atoms with Crippen LogP contribution in [0.25, 0.3) is 0 Å². The number of hydrogen-bond donors (Lipinski definition) is 1. The predicted octanol–water partition coefficient (Wildman–Crippen LogP) is 0.871. The Hall–Kier alpha value is -2.37. The number of nitrogens with one attached hydrogen (secondary N) is 1. The summed E-state index contributed by atoms with van der Waals surface area (Å²) in [5, 5.41) is 2.57. The average Bonchev–Trinajstić information content (AvgIpc) is 2.69. The normalized spacial score (nSPS) is 17.9. The second-order valence-corrected chi connectivity index (χ2v) is 5.31. The monoisotopic (exact) mass is 289 g/mol. The summed E-state index contributed by atoms with van der Waals surface area (Å²) < 4.78 is 0. The molecule has 0 spiro atoms. The van der Waals surface area contributed by atoms with Gasteiger partial charge in [0, 0.05) is 26.2 Å². The lowest BCUT2D eigenvalue weighted by atomic mass is 10.1. The highest BCUT2D eigenvalue weighted by Crippen LogP contribution is 2.11. The van der Waals surface area contributed by atoms with Crippen molar-refractivity contribution >= 4 is 17.8 Å². The van der Waals surface area contributed by atoms with E-state index in [1.807, 2.05) is 6.07 Å². The first-order valence-electron chi connectivity index (χ1n) is 6.82. The molecule has 1 N–H and O–H groups in total. The third-order valence-corrected chi connectivity index (χ3v) is 3.43. The molecule has 0 bridgehead atoms. The molecule has 21 heavy (non-hydrogen) atoms. The molecule has 0 aromatic heterocycles. The van der Waals surface area contributed by atoms with Crippen molar-refractivity contribution in [3.8, 4) is 0 Å². The van der Waals surface area contributed by atoms with E-state index in [0.717, 1.165) is 5.56 Å². The molecule has 6 nitrogen and oxygen atoms in total. The Morgan fingerprint density at radius 1 is 1.33 bits per heavy atom. The van der Waals surface area contributed by atoms with E-state index in [0.29, 0.717) is 18.5 Å². The lowest BCUT2D eigenvalue weighted by Gasteiger charge is -2.14. The maximum Gasteiger partial charge on any atom is 0.324 e. The van der Waals surface area contributed by atoms with Crippen LogP contribution in [0.2, 0.25) is 0 Å². The van der Waals surface area contributed by atoms with Gasteiger partial charge < -0.3 is 10.2 Å². The van der Waals surface area contributed by atoms with Crippen molar-refractivity contribution in [1.82, 2.24) is 15.1 Å². The second kappa shape index (κ2) is 5.95. The fourth-order valence-corrected chi connectivity index (χ4v) is 2.23. The Morgan fingerprint density at radius 3 is 2.62 bits per heavy atom. The van der Waals surface area contributed by atoms with Crippen LogP contribution in [-0.2, 0) is 11.2 Å². The zero-order chi connectivity index (χ0) is 15.6. The van der Waals surface area contributed by atoms with Crippen LogP contribution in [0, 0.1) is 0 Å². The summed E-state index contributed by atoms with van der Waals surface area (Å²) in [6.45, 7) is 1.98. The fraction of sp³-hybridized carbons (Fsp3) is 0.400. The van der Waals surface area contributed by atoms with Gasteiger partial charge in [-0.25, -0.2) is 4.79 Å². The van der Waals surface area contributed by atoms with Crippen molar-refractivity contribution in [3.63, 3.8) is 0 Å². The molecule has 1 aromatic rings. The Balaban J connectivity index is 2.04. The van der Waals surface area contributed by atoms with Crippen molar-refractivity contribution in [2.75, 3.05) is 20.6 Å². The molecule has 0 aliphatic carbocycles. The maximum atomic E-state index is 11.9. The first kappa shape index (κ1) is 15.0. The van der Waals surface area contributed by atoms with Crippen LogP contribution in [0.3, 0.4) is 0 Å². The molecule has 1 aromatic carbocycles. The molecule has 4 amide bonds. The number of hydrogen-bond acceptors (Lipinski definition) is 3. The van der Waals surface area contributed by atoms with Crippen molar-refractivity contribution in [2.24, 2.45) is 0 Å². The minimum atomic E-state index is -0.459. The van der Waals surface area contributed by atoms with Crippen LogP contribution < -0.4 is 5.32 Å². The summed E-state index contributed by atoms with van der Waals surface area (Å²) in [5.41, 5.74) is 1.52. The molecule has 1 atom stereocenters. The van der Waals surface area contributed by atoms with Gasteiger partial charge in [0.05, 0.1) is 0 Å². The highest BCUT2D eigenvalue weighted by Gasteiger charge is 2.34. The highest BCUT2D eigenvalue weighted by atomic mass is 16.2. The fourth-order valence-electron chi connectivity index (χ4n) is 2.23. The second-order valence-electron chi connectivity index (χ2n) is 5.31. The molecule has 1 aliphatic rings. The van der Waals surface area contributed by atoms with E-state index >= 15 is 0 Å². The summed E-state index contributed by atoms with van der Waals surface area (Å²) >= 11 is 0. The van der Waals surface area contributed by atoms with Crippen LogP contribution in [0.4, 0.5) is 4.79 Å². The number of rotatable bonds is 4. The lowest BCUT2D eigenvalue weighted by molar-refractivity contribution is -0.127. The zero-order valence-electron chi connectivity index (χ0n) is 12.4. The molecular formula is C15H19N3O3. The third-order valence-electron chi connectivity index (χ3n) is 3.43. The number of nitrogens with zero attached hydrogens (tertiary/aromatic N) is 2. The maximum absolute atomic E-state index is 11.9. The molecule has 1 aliphatic heterocycles. The van der Waals surface area contributed by atoms with Gasteiger partial charge in [-0.05, 0) is 31.0 Å². The summed E-state index contributed by atoms with van der Waals surface area (Å²) in [6, 6.07) is 6.42. The smallest absolute Gasteiger partial charge is 0.324 e. The topological polar surface area (TPSA) is 69.7 Å². The predicted molar refractivity (Wildman–Crippen MR) is 77.9 cm³/mol. The number of urea groups is 1. The standard InChI is InChI=1S/C15H19N3O3/c1-10-13(19)18(15(21)16-10)8-7-11-5-4-6-12(9-11)14(20)17(2)3/h4-6,9-10H,7-8H2,1-3H3,(H,16,21)/t10-/m1/s1. The van der Waals surface area contributed by atoms with E-state index in [-0.39, 0.29) is 17.8 Å². The number of carbonyl (C=O) groups excluding carboxylic acids is 3. The molecular weight excluding hydrogens is 270 g/mol. The molecule has 1 saturated heterocycles. The van der Waals surface area contributed by atoms with Crippen LogP contribution in [0.15, 0.2) is 24.3 Å². The number of benzene rings is 1. The number of carbonyl (C=O) groups is 3. The summed E-state index contributed by atoms with van der Waals surface area (Å²) in [7, 11) is 3.40. The first-order chi connectivity index (χ1) is 9.90. The third kappa shape index (κ3) is 3.21. The van der Waals surface area contributed by atoms with E-state index < -0.39 is 6.04 Å². The SMILES string of the molecule is C[C@H]1NC(=O)N(CCc2cccc(C(=O)N(C)C)c2)C1=O. The minimum Gasteiger partial charge on any atom is -0.345 e.